The molecule has 0 heterocycles. The molecule has 0 amide bonds. The summed E-state index contributed by atoms with van der Waals surface area (Å²) < 4.78 is 22.9. The molecule has 0 aromatic carbocycles. The van der Waals surface area contributed by atoms with Gasteiger partial charge in [0.1, 0.15) is 0 Å². The molecule has 0 fully saturated rings. The van der Waals surface area contributed by atoms with E-state index >= 15 is 0 Å². The highest BCUT2D eigenvalue weighted by Crippen LogP contribution is 2.23. The monoisotopic (exact) mass is 356 g/mol. The highest BCUT2D eigenvalue weighted by molar-refractivity contribution is 6.74. The third-order valence-electron chi connectivity index (χ3n) is 3.42. The molecule has 0 bridgehead atoms. The fraction of sp³-hybridized carbons (Fsp3) is 0.684. The van der Waals surface area contributed by atoms with E-state index in [9.17, 15) is 0 Å². The van der Waals surface area contributed by atoms with Gasteiger partial charge in [-0.1, -0.05) is 0 Å². The topological polar surface area (TPSA) is 36.9 Å². The van der Waals surface area contributed by atoms with Crippen LogP contribution in [-0.4, -0.2) is 35.2 Å². The fourth-order valence-electron chi connectivity index (χ4n) is 2.09. The van der Waals surface area contributed by atoms with Crippen molar-refractivity contribution in [2.75, 3.05) is 26.9 Å². The highest BCUT2D eigenvalue weighted by Gasteiger charge is 2.33. The Morgan fingerprint density at radius 1 is 0.625 bits per heavy atom. The Kier molecular flexibility index (Phi) is 12.5. The molecule has 0 aromatic heterocycles. The minimum absolute atomic E-state index is 0.677. The van der Waals surface area contributed by atoms with Crippen molar-refractivity contribution in [1.29, 1.82) is 0 Å². The smallest absolute Gasteiger partial charge is 0.202 e. The van der Waals surface area contributed by atoms with E-state index in [0.717, 1.165) is 18.1 Å². The Labute approximate surface area is 149 Å². The van der Waals surface area contributed by atoms with Crippen LogP contribution < -0.4 is 0 Å². The minimum Gasteiger partial charge on any atom is -0.501 e. The molecule has 0 unspecified atom stereocenters. The maximum absolute atomic E-state index is 6.00. The summed E-state index contributed by atoms with van der Waals surface area (Å²) in [6.45, 7) is 14.2. The molecule has 0 spiro atoms. The Morgan fingerprint density at radius 3 is 1.12 bits per heavy atom. The summed E-state index contributed by atoms with van der Waals surface area (Å²) in [6.07, 6.45) is 5.44. The first-order valence-electron chi connectivity index (χ1n) is 8.61. The van der Waals surface area contributed by atoms with Crippen LogP contribution in [0.4, 0.5) is 0 Å². The SMILES string of the molecule is CO[Si](CCOC=C(C)C)(CCOC=C(C)C)CCOC=C(C)C. The van der Waals surface area contributed by atoms with Gasteiger partial charge in [-0.25, -0.2) is 0 Å². The second kappa shape index (κ2) is 13.1. The second-order valence-electron chi connectivity index (χ2n) is 6.84. The van der Waals surface area contributed by atoms with Gasteiger partial charge in [0.2, 0.25) is 8.32 Å². The average molecular weight is 357 g/mol. The molecule has 0 aliphatic carbocycles. The molecular formula is C19H36O4Si. The summed E-state index contributed by atoms with van der Waals surface area (Å²) in [5, 5.41) is 0. The largest absolute Gasteiger partial charge is 0.501 e. The lowest BCUT2D eigenvalue weighted by atomic mass is 10.4. The van der Waals surface area contributed by atoms with Gasteiger partial charge in [0.05, 0.1) is 38.6 Å². The van der Waals surface area contributed by atoms with Gasteiger partial charge in [-0.3, -0.25) is 0 Å². The number of allylic oxidation sites excluding steroid dienone is 3. The number of ether oxygens (including phenoxy) is 3. The molecule has 0 N–H and O–H groups in total. The van der Waals surface area contributed by atoms with Gasteiger partial charge in [-0.05, 0) is 58.3 Å². The van der Waals surface area contributed by atoms with Crippen molar-refractivity contribution in [1.82, 2.24) is 0 Å². The molecule has 0 saturated carbocycles. The van der Waals surface area contributed by atoms with Gasteiger partial charge in [-0.2, -0.15) is 0 Å². The molecule has 140 valence electrons. The molecule has 24 heavy (non-hydrogen) atoms. The second-order valence-corrected chi connectivity index (χ2v) is 11.1. The van der Waals surface area contributed by atoms with Crippen LogP contribution in [0.1, 0.15) is 41.5 Å². The first-order chi connectivity index (χ1) is 11.3. The molecule has 0 saturated heterocycles. The van der Waals surface area contributed by atoms with Gasteiger partial charge < -0.3 is 18.6 Å². The van der Waals surface area contributed by atoms with E-state index in [1.807, 2.05) is 67.4 Å². The van der Waals surface area contributed by atoms with E-state index in [2.05, 4.69) is 0 Å². The van der Waals surface area contributed by atoms with Gasteiger partial charge in [0.25, 0.3) is 0 Å². The summed E-state index contributed by atoms with van der Waals surface area (Å²) in [5.41, 5.74) is 3.50. The minimum atomic E-state index is -1.95. The van der Waals surface area contributed by atoms with E-state index in [4.69, 9.17) is 18.6 Å². The summed E-state index contributed by atoms with van der Waals surface area (Å²) in [6, 6.07) is 2.80. The maximum Gasteiger partial charge on any atom is 0.202 e. The maximum atomic E-state index is 6.00. The molecule has 0 radical (unpaired) electrons. The summed E-state index contributed by atoms with van der Waals surface area (Å²) in [4.78, 5) is 0. The molecule has 0 atom stereocenters. The number of hydrogen-bond donors (Lipinski definition) is 0. The lowest BCUT2D eigenvalue weighted by Gasteiger charge is -2.29. The zero-order valence-corrected chi connectivity index (χ0v) is 17.6. The highest BCUT2D eigenvalue weighted by atomic mass is 28.4. The molecule has 4 nitrogen and oxygen atoms in total. The third kappa shape index (κ3) is 12.2. The molecule has 0 rings (SSSR count). The zero-order valence-electron chi connectivity index (χ0n) is 16.6. The quantitative estimate of drug-likeness (QED) is 0.251. The van der Waals surface area contributed by atoms with Crippen molar-refractivity contribution in [2.24, 2.45) is 0 Å². The first-order valence-corrected chi connectivity index (χ1v) is 11.1. The lowest BCUT2D eigenvalue weighted by molar-refractivity contribution is 0.230. The molecule has 5 heteroatoms. The normalized spacial score (nSPS) is 10.6. The molecular weight excluding hydrogens is 320 g/mol. The van der Waals surface area contributed by atoms with Gasteiger partial charge in [0, 0.05) is 25.2 Å². The number of hydrogen-bond acceptors (Lipinski definition) is 4. The van der Waals surface area contributed by atoms with Gasteiger partial charge >= 0.3 is 0 Å². The summed E-state index contributed by atoms with van der Waals surface area (Å²) in [7, 11) is -0.134. The molecule has 0 aliphatic rings. The average Bonchev–Trinajstić information content (AvgIpc) is 2.51. The van der Waals surface area contributed by atoms with Crippen molar-refractivity contribution < 1.29 is 18.6 Å². The Bertz CT molecular complexity index is 355. The zero-order chi connectivity index (χ0) is 18.4. The predicted octanol–water partition coefficient (Wildman–Crippen LogP) is 5.40. The third-order valence-corrected chi connectivity index (χ3v) is 7.63. The van der Waals surface area contributed by atoms with E-state index in [1.54, 1.807) is 0 Å². The summed E-state index contributed by atoms with van der Waals surface area (Å²) in [5.74, 6) is 0. The standard InChI is InChI=1S/C19H36O4Si/c1-17(2)14-21-8-11-24(20-7,12-9-22-15-18(3)4)13-10-23-16-19(5)6/h14-16H,8-13H2,1-7H3. The van der Waals surface area contributed by atoms with Crippen molar-refractivity contribution in [3.8, 4) is 0 Å². The van der Waals surface area contributed by atoms with Gasteiger partial charge in [-0.15, -0.1) is 0 Å². The van der Waals surface area contributed by atoms with Crippen molar-refractivity contribution >= 4 is 8.32 Å². The van der Waals surface area contributed by atoms with Crippen LogP contribution in [0.25, 0.3) is 0 Å². The first kappa shape index (κ1) is 22.8. The van der Waals surface area contributed by atoms with E-state index in [1.165, 1.54) is 16.7 Å². The van der Waals surface area contributed by atoms with Crippen molar-refractivity contribution in [3.05, 3.63) is 35.5 Å². The number of rotatable bonds is 13. The van der Waals surface area contributed by atoms with Crippen molar-refractivity contribution in [2.45, 2.75) is 59.7 Å². The lowest BCUT2D eigenvalue weighted by Crippen LogP contribution is -2.40. The van der Waals surface area contributed by atoms with E-state index in [-0.39, 0.29) is 0 Å². The summed E-state index contributed by atoms with van der Waals surface area (Å²) >= 11 is 0. The van der Waals surface area contributed by atoms with Crippen LogP contribution in [-0.2, 0) is 18.6 Å². The van der Waals surface area contributed by atoms with Crippen LogP contribution >= 0.6 is 0 Å². The Morgan fingerprint density at radius 2 is 0.917 bits per heavy atom. The van der Waals surface area contributed by atoms with Crippen LogP contribution in [0, 0.1) is 0 Å². The Balaban J connectivity index is 4.63. The Hall–Kier alpha value is -1.20. The fourth-order valence-corrected chi connectivity index (χ4v) is 4.92. The predicted molar refractivity (Wildman–Crippen MR) is 103 cm³/mol. The molecule has 0 aromatic rings. The van der Waals surface area contributed by atoms with Crippen LogP contribution in [0.15, 0.2) is 35.5 Å². The van der Waals surface area contributed by atoms with Crippen LogP contribution in [0.2, 0.25) is 18.1 Å². The molecule has 0 aliphatic heterocycles. The van der Waals surface area contributed by atoms with Crippen LogP contribution in [0.3, 0.4) is 0 Å². The van der Waals surface area contributed by atoms with E-state index in [0.29, 0.717) is 19.8 Å². The van der Waals surface area contributed by atoms with Crippen molar-refractivity contribution in [3.63, 3.8) is 0 Å². The van der Waals surface area contributed by atoms with Gasteiger partial charge in [0.15, 0.2) is 0 Å². The van der Waals surface area contributed by atoms with Crippen LogP contribution in [0.5, 0.6) is 0 Å². The van der Waals surface area contributed by atoms with E-state index < -0.39 is 8.32 Å².